The van der Waals surface area contributed by atoms with E-state index in [2.05, 4.69) is 15.4 Å². The van der Waals surface area contributed by atoms with Crippen molar-refractivity contribution < 1.29 is 9.59 Å². The fourth-order valence-electron chi connectivity index (χ4n) is 3.53. The number of hydrogen-bond acceptors (Lipinski definition) is 3. The van der Waals surface area contributed by atoms with Crippen LogP contribution in [0.3, 0.4) is 0 Å². The third kappa shape index (κ3) is 3.60. The number of aromatic nitrogens is 3. The summed E-state index contributed by atoms with van der Waals surface area (Å²) in [6.07, 6.45) is 8.49. The molecule has 0 radical (unpaired) electrons. The number of nitrogens with zero attached hydrogens (tertiary/aromatic N) is 2. The topological polar surface area (TPSA) is 106 Å². The normalized spacial score (nSPS) is 11.3. The fraction of sp³-hybridized carbons (Fsp3) is 0.0870. The number of nitrogens with one attached hydrogen (secondary N) is 2. The van der Waals surface area contributed by atoms with Crippen LogP contribution in [0.5, 0.6) is 0 Å². The highest BCUT2D eigenvalue weighted by Crippen LogP contribution is 2.34. The highest BCUT2D eigenvalue weighted by molar-refractivity contribution is 6.10. The van der Waals surface area contributed by atoms with Gasteiger partial charge in [0, 0.05) is 42.2 Å². The Labute approximate surface area is 173 Å². The second-order valence-corrected chi connectivity index (χ2v) is 7.04. The van der Waals surface area contributed by atoms with E-state index in [1.54, 1.807) is 29.2 Å². The number of carbonyl (C=O) groups excluding carboxylic acids is 2. The number of H-pyrrole nitrogens is 1. The first-order chi connectivity index (χ1) is 14.4. The maximum Gasteiger partial charge on any atom is 0.250 e. The number of anilines is 1. The van der Waals surface area contributed by atoms with Crippen molar-refractivity contribution in [2.75, 3.05) is 5.32 Å². The van der Waals surface area contributed by atoms with Crippen LogP contribution >= 0.6 is 0 Å². The molecule has 2 heterocycles. The second kappa shape index (κ2) is 7.71. The van der Waals surface area contributed by atoms with Crippen molar-refractivity contribution in [3.63, 3.8) is 0 Å². The first kappa shape index (κ1) is 19.2. The van der Waals surface area contributed by atoms with Gasteiger partial charge in [-0.05, 0) is 47.9 Å². The molecule has 30 heavy (non-hydrogen) atoms. The Bertz CT molecular complexity index is 1300. The number of amides is 2. The minimum absolute atomic E-state index is 0.227. The van der Waals surface area contributed by atoms with Gasteiger partial charge in [-0.1, -0.05) is 18.2 Å². The molecule has 7 heteroatoms. The predicted molar refractivity (Wildman–Crippen MR) is 118 cm³/mol. The van der Waals surface area contributed by atoms with Crippen LogP contribution < -0.4 is 11.1 Å². The summed E-state index contributed by atoms with van der Waals surface area (Å²) in [6.45, 7) is 1.95. The molecule has 4 rings (SSSR count). The molecule has 2 amide bonds. The Morgan fingerprint density at radius 1 is 1.17 bits per heavy atom. The smallest absolute Gasteiger partial charge is 0.250 e. The number of rotatable bonds is 5. The lowest BCUT2D eigenvalue weighted by Crippen LogP contribution is -2.11. The van der Waals surface area contributed by atoms with Crippen LogP contribution in [0.2, 0.25) is 0 Å². The van der Waals surface area contributed by atoms with Crippen LogP contribution in [-0.4, -0.2) is 26.6 Å². The van der Waals surface area contributed by atoms with Gasteiger partial charge in [0.25, 0.3) is 5.91 Å². The molecular formula is C23H21N5O2. The largest absolute Gasteiger partial charge is 0.366 e. The number of primary amides is 1. The molecule has 0 saturated carbocycles. The van der Waals surface area contributed by atoms with Crippen LogP contribution in [0, 0.1) is 6.92 Å². The predicted octanol–water partition coefficient (Wildman–Crippen LogP) is 3.63. The minimum atomic E-state index is -0.480. The molecule has 0 aliphatic heterocycles. The Kier molecular flexibility index (Phi) is 4.93. The van der Waals surface area contributed by atoms with Gasteiger partial charge in [0.15, 0.2) is 0 Å². The summed E-state index contributed by atoms with van der Waals surface area (Å²) in [7, 11) is 1.82. The number of aromatic amines is 1. The lowest BCUT2D eigenvalue weighted by atomic mass is 9.94. The molecule has 4 N–H and O–H groups in total. The molecule has 4 aromatic rings. The number of carbonyl (C=O) groups is 2. The first-order valence-electron chi connectivity index (χ1n) is 9.41. The van der Waals surface area contributed by atoms with Crippen molar-refractivity contribution in [1.29, 1.82) is 0 Å². The summed E-state index contributed by atoms with van der Waals surface area (Å²) in [6, 6.07) is 11.3. The van der Waals surface area contributed by atoms with Crippen molar-refractivity contribution >= 4 is 34.5 Å². The van der Waals surface area contributed by atoms with Crippen molar-refractivity contribution in [3.05, 3.63) is 77.8 Å². The molecule has 2 aromatic carbocycles. The number of aryl methyl sites for hydroxylation is 1. The van der Waals surface area contributed by atoms with Crippen molar-refractivity contribution in [2.24, 2.45) is 12.8 Å². The summed E-state index contributed by atoms with van der Waals surface area (Å²) in [5, 5.41) is 7.91. The number of fused-ring (bicyclic) bond motifs is 1. The van der Waals surface area contributed by atoms with Crippen LogP contribution in [-0.2, 0) is 11.8 Å². The zero-order valence-corrected chi connectivity index (χ0v) is 16.6. The van der Waals surface area contributed by atoms with Gasteiger partial charge in [0.2, 0.25) is 5.91 Å². The summed E-state index contributed by atoms with van der Waals surface area (Å²) in [5.74, 6) is -0.706. The summed E-state index contributed by atoms with van der Waals surface area (Å²) >= 11 is 0. The molecule has 0 saturated heterocycles. The van der Waals surface area contributed by atoms with E-state index in [0.29, 0.717) is 11.1 Å². The van der Waals surface area contributed by atoms with Crippen LogP contribution in [0.25, 0.3) is 28.1 Å². The van der Waals surface area contributed by atoms with E-state index in [0.717, 1.165) is 33.3 Å². The van der Waals surface area contributed by atoms with E-state index in [9.17, 15) is 9.59 Å². The van der Waals surface area contributed by atoms with Crippen LogP contribution in [0.4, 0.5) is 5.69 Å². The molecular weight excluding hydrogens is 378 g/mol. The maximum atomic E-state index is 12.4. The molecule has 0 spiro atoms. The molecule has 0 aliphatic carbocycles. The standard InChI is InChI=1S/C23H21N5O2/c1-14-16(17-7-8-19(23(24)30)22-18(17)10-11-25-22)4-3-5-20(14)27-21(29)9-6-15-12-26-28(2)13-15/h3-13,25H,1-2H3,(H2,24,30)(H,27,29)/b9-6+. The van der Waals surface area contributed by atoms with E-state index in [1.807, 2.05) is 50.5 Å². The molecule has 0 fully saturated rings. The third-order valence-electron chi connectivity index (χ3n) is 5.02. The lowest BCUT2D eigenvalue weighted by Gasteiger charge is -2.13. The van der Waals surface area contributed by atoms with E-state index in [1.165, 1.54) is 6.08 Å². The fourth-order valence-corrected chi connectivity index (χ4v) is 3.53. The Balaban J connectivity index is 1.65. The minimum Gasteiger partial charge on any atom is -0.366 e. The zero-order valence-electron chi connectivity index (χ0n) is 16.6. The van der Waals surface area contributed by atoms with Crippen molar-refractivity contribution in [1.82, 2.24) is 14.8 Å². The van der Waals surface area contributed by atoms with Crippen molar-refractivity contribution in [3.8, 4) is 11.1 Å². The Morgan fingerprint density at radius 2 is 2.00 bits per heavy atom. The summed E-state index contributed by atoms with van der Waals surface area (Å²) in [4.78, 5) is 27.2. The number of hydrogen-bond donors (Lipinski definition) is 3. The van der Waals surface area contributed by atoms with Crippen LogP contribution in [0.1, 0.15) is 21.5 Å². The molecule has 0 bridgehead atoms. The van der Waals surface area contributed by atoms with Gasteiger partial charge in [-0.15, -0.1) is 0 Å². The average molecular weight is 399 g/mol. The van der Waals surface area contributed by atoms with Crippen LogP contribution in [0.15, 0.2) is 61.1 Å². The van der Waals surface area contributed by atoms with Gasteiger partial charge in [-0.2, -0.15) is 5.10 Å². The molecule has 0 unspecified atom stereocenters. The highest BCUT2D eigenvalue weighted by atomic mass is 16.1. The number of benzene rings is 2. The quantitative estimate of drug-likeness (QED) is 0.446. The van der Waals surface area contributed by atoms with Gasteiger partial charge in [0.1, 0.15) is 0 Å². The average Bonchev–Trinajstić information content (AvgIpc) is 3.36. The van der Waals surface area contributed by atoms with E-state index in [4.69, 9.17) is 5.73 Å². The highest BCUT2D eigenvalue weighted by Gasteiger charge is 2.15. The molecule has 0 aliphatic rings. The van der Waals surface area contributed by atoms with E-state index >= 15 is 0 Å². The first-order valence-corrected chi connectivity index (χ1v) is 9.41. The molecule has 7 nitrogen and oxygen atoms in total. The third-order valence-corrected chi connectivity index (χ3v) is 5.02. The van der Waals surface area contributed by atoms with Gasteiger partial charge in [-0.25, -0.2) is 0 Å². The molecule has 2 aromatic heterocycles. The zero-order chi connectivity index (χ0) is 21.3. The summed E-state index contributed by atoms with van der Waals surface area (Å²) in [5.41, 5.74) is 11.0. The van der Waals surface area contributed by atoms with Crippen molar-refractivity contribution in [2.45, 2.75) is 6.92 Å². The van der Waals surface area contributed by atoms with Gasteiger partial charge in [-0.3, -0.25) is 14.3 Å². The Morgan fingerprint density at radius 3 is 2.73 bits per heavy atom. The van der Waals surface area contributed by atoms with Gasteiger partial charge in [0.05, 0.1) is 17.3 Å². The SMILES string of the molecule is Cc1c(NC(=O)/C=C/c2cnn(C)c2)cccc1-c1ccc(C(N)=O)c2[nH]ccc12. The maximum absolute atomic E-state index is 12.4. The van der Waals surface area contributed by atoms with E-state index < -0.39 is 5.91 Å². The van der Waals surface area contributed by atoms with Gasteiger partial charge >= 0.3 is 0 Å². The monoisotopic (exact) mass is 399 g/mol. The molecule has 0 atom stereocenters. The lowest BCUT2D eigenvalue weighted by molar-refractivity contribution is -0.111. The van der Waals surface area contributed by atoms with Gasteiger partial charge < -0.3 is 16.0 Å². The summed E-state index contributed by atoms with van der Waals surface area (Å²) < 4.78 is 1.68. The molecule has 150 valence electrons. The van der Waals surface area contributed by atoms with E-state index in [-0.39, 0.29) is 5.91 Å². The number of nitrogens with two attached hydrogens (primary N) is 1. The Hall–Kier alpha value is -4.13. The second-order valence-electron chi connectivity index (χ2n) is 7.04.